The van der Waals surface area contributed by atoms with Gasteiger partial charge in [0.15, 0.2) is 0 Å². The molecule has 116 valence electrons. The molecule has 0 spiro atoms. The molecule has 0 bridgehead atoms. The number of carbonyl (C=O) groups excluding carboxylic acids is 1. The molecule has 0 aliphatic carbocycles. The van der Waals surface area contributed by atoms with E-state index in [9.17, 15) is 4.79 Å². The van der Waals surface area contributed by atoms with Gasteiger partial charge >= 0.3 is 0 Å². The van der Waals surface area contributed by atoms with Crippen LogP contribution in [-0.2, 0) is 0 Å². The first-order chi connectivity index (χ1) is 10.7. The highest BCUT2D eigenvalue weighted by Gasteiger charge is 2.35. The Morgan fingerprint density at radius 3 is 2.68 bits per heavy atom. The highest BCUT2D eigenvalue weighted by molar-refractivity contribution is 5.94. The van der Waals surface area contributed by atoms with E-state index in [0.29, 0.717) is 6.04 Å². The summed E-state index contributed by atoms with van der Waals surface area (Å²) in [6.07, 6.45) is 7.82. The topological polar surface area (TPSA) is 40.9 Å². The van der Waals surface area contributed by atoms with Gasteiger partial charge in [-0.1, -0.05) is 6.42 Å². The van der Waals surface area contributed by atoms with Crippen molar-refractivity contribution in [3.05, 3.63) is 35.8 Å². The van der Waals surface area contributed by atoms with Crippen molar-refractivity contribution < 1.29 is 4.79 Å². The van der Waals surface area contributed by atoms with Gasteiger partial charge in [0.2, 0.25) is 0 Å². The van der Waals surface area contributed by atoms with Crippen molar-refractivity contribution in [2.24, 2.45) is 0 Å². The Hall–Kier alpha value is -1.88. The summed E-state index contributed by atoms with van der Waals surface area (Å²) in [6.45, 7) is 6.12. The van der Waals surface area contributed by atoms with Crippen LogP contribution in [-0.4, -0.2) is 57.3 Å². The molecule has 5 heteroatoms. The largest absolute Gasteiger partial charge is 0.335 e. The van der Waals surface area contributed by atoms with E-state index in [1.54, 1.807) is 0 Å². The van der Waals surface area contributed by atoms with Crippen molar-refractivity contribution in [2.75, 3.05) is 26.2 Å². The summed E-state index contributed by atoms with van der Waals surface area (Å²) in [6, 6.07) is 4.38. The van der Waals surface area contributed by atoms with E-state index in [1.165, 1.54) is 32.4 Å². The Bertz CT molecular complexity index is 696. The van der Waals surface area contributed by atoms with Crippen LogP contribution in [0.1, 0.15) is 35.3 Å². The SMILES string of the molecule is Cc1cn2cc(C(=O)N3CC(N4CCCCC4)C3)ccc2n1. The smallest absolute Gasteiger partial charge is 0.255 e. The summed E-state index contributed by atoms with van der Waals surface area (Å²) < 4.78 is 1.93. The summed E-state index contributed by atoms with van der Waals surface area (Å²) in [5, 5.41) is 0. The number of imidazole rings is 1. The highest BCUT2D eigenvalue weighted by Crippen LogP contribution is 2.21. The summed E-state index contributed by atoms with van der Waals surface area (Å²) in [4.78, 5) is 21.5. The average molecular weight is 298 g/mol. The second-order valence-electron chi connectivity index (χ2n) is 6.53. The van der Waals surface area contributed by atoms with E-state index in [-0.39, 0.29) is 5.91 Å². The molecule has 0 radical (unpaired) electrons. The van der Waals surface area contributed by atoms with Crippen molar-refractivity contribution >= 4 is 11.6 Å². The van der Waals surface area contributed by atoms with Crippen molar-refractivity contribution in [3.8, 4) is 0 Å². The summed E-state index contributed by atoms with van der Waals surface area (Å²) >= 11 is 0. The fraction of sp³-hybridized carbons (Fsp3) is 0.529. The van der Waals surface area contributed by atoms with Crippen LogP contribution in [0.25, 0.3) is 5.65 Å². The predicted molar refractivity (Wildman–Crippen MR) is 85.0 cm³/mol. The van der Waals surface area contributed by atoms with E-state index in [2.05, 4.69) is 9.88 Å². The van der Waals surface area contributed by atoms with Gasteiger partial charge in [0.05, 0.1) is 11.3 Å². The van der Waals surface area contributed by atoms with Gasteiger partial charge in [-0.3, -0.25) is 9.69 Å². The molecule has 2 saturated heterocycles. The van der Waals surface area contributed by atoms with Gasteiger partial charge in [-0.05, 0) is 45.0 Å². The third-order valence-electron chi connectivity index (χ3n) is 4.87. The van der Waals surface area contributed by atoms with E-state index in [0.717, 1.165) is 30.0 Å². The molecule has 2 aromatic rings. The van der Waals surface area contributed by atoms with Gasteiger partial charge in [0, 0.05) is 31.5 Å². The third kappa shape index (κ3) is 2.39. The zero-order valence-electron chi connectivity index (χ0n) is 13.0. The normalized spacial score (nSPS) is 20.3. The molecular weight excluding hydrogens is 276 g/mol. The van der Waals surface area contributed by atoms with Crippen LogP contribution in [0.4, 0.5) is 0 Å². The van der Waals surface area contributed by atoms with E-state index < -0.39 is 0 Å². The fourth-order valence-electron chi connectivity index (χ4n) is 3.56. The lowest BCUT2D eigenvalue weighted by Gasteiger charge is -2.46. The van der Waals surface area contributed by atoms with Crippen molar-refractivity contribution in [1.82, 2.24) is 19.2 Å². The summed E-state index contributed by atoms with van der Waals surface area (Å²) in [5.41, 5.74) is 2.62. The van der Waals surface area contributed by atoms with Gasteiger partial charge in [0.1, 0.15) is 5.65 Å². The molecular formula is C17H22N4O. The first-order valence-corrected chi connectivity index (χ1v) is 8.19. The molecule has 0 N–H and O–H groups in total. The molecule has 22 heavy (non-hydrogen) atoms. The lowest BCUT2D eigenvalue weighted by molar-refractivity contribution is 0.0203. The fourth-order valence-corrected chi connectivity index (χ4v) is 3.56. The second-order valence-corrected chi connectivity index (χ2v) is 6.53. The maximum atomic E-state index is 12.6. The van der Waals surface area contributed by atoms with E-state index >= 15 is 0 Å². The molecule has 5 nitrogen and oxygen atoms in total. The number of amides is 1. The number of likely N-dealkylation sites (tertiary alicyclic amines) is 2. The monoisotopic (exact) mass is 298 g/mol. The predicted octanol–water partition coefficient (Wildman–Crippen LogP) is 1.95. The number of hydrogen-bond donors (Lipinski definition) is 0. The maximum Gasteiger partial charge on any atom is 0.255 e. The van der Waals surface area contributed by atoms with E-state index in [4.69, 9.17) is 0 Å². The van der Waals surface area contributed by atoms with Crippen LogP contribution in [0.15, 0.2) is 24.5 Å². The van der Waals surface area contributed by atoms with Gasteiger partial charge in [-0.15, -0.1) is 0 Å². The minimum atomic E-state index is 0.140. The number of nitrogens with zero attached hydrogens (tertiary/aromatic N) is 4. The summed E-state index contributed by atoms with van der Waals surface area (Å²) in [5.74, 6) is 0.140. The number of fused-ring (bicyclic) bond motifs is 1. The number of piperidine rings is 1. The number of rotatable bonds is 2. The zero-order chi connectivity index (χ0) is 15.1. The molecule has 0 saturated carbocycles. The molecule has 1 amide bonds. The van der Waals surface area contributed by atoms with Crippen LogP contribution in [0.5, 0.6) is 0 Å². The number of aryl methyl sites for hydroxylation is 1. The molecule has 0 atom stereocenters. The zero-order valence-corrected chi connectivity index (χ0v) is 13.0. The summed E-state index contributed by atoms with van der Waals surface area (Å²) in [7, 11) is 0. The molecule has 2 aliphatic rings. The molecule has 2 aliphatic heterocycles. The van der Waals surface area contributed by atoms with Gasteiger partial charge in [0.25, 0.3) is 5.91 Å². The van der Waals surface area contributed by atoms with Crippen LogP contribution < -0.4 is 0 Å². The average Bonchev–Trinajstić information content (AvgIpc) is 2.85. The Morgan fingerprint density at radius 1 is 1.14 bits per heavy atom. The minimum absolute atomic E-state index is 0.140. The Kier molecular flexibility index (Phi) is 3.37. The van der Waals surface area contributed by atoms with E-state index in [1.807, 2.05) is 40.8 Å². The quantitative estimate of drug-likeness (QED) is 0.851. The standard InChI is InChI=1S/C17H22N4O/c1-13-9-20-10-14(5-6-16(20)18-13)17(22)21-11-15(12-21)19-7-3-2-4-8-19/h5-6,9-10,15H,2-4,7-8,11-12H2,1H3. The van der Waals surface area contributed by atoms with Crippen molar-refractivity contribution in [3.63, 3.8) is 0 Å². The molecule has 4 rings (SSSR count). The first-order valence-electron chi connectivity index (χ1n) is 8.19. The van der Waals surface area contributed by atoms with Gasteiger partial charge in [-0.2, -0.15) is 0 Å². The minimum Gasteiger partial charge on any atom is -0.335 e. The van der Waals surface area contributed by atoms with Gasteiger partial charge in [-0.25, -0.2) is 4.98 Å². The van der Waals surface area contributed by atoms with Crippen LogP contribution >= 0.6 is 0 Å². The Morgan fingerprint density at radius 2 is 1.91 bits per heavy atom. The van der Waals surface area contributed by atoms with Crippen molar-refractivity contribution in [2.45, 2.75) is 32.2 Å². The highest BCUT2D eigenvalue weighted by atomic mass is 16.2. The number of aromatic nitrogens is 2. The molecule has 0 unspecified atom stereocenters. The molecule has 2 aromatic heterocycles. The number of carbonyl (C=O) groups is 1. The third-order valence-corrected chi connectivity index (χ3v) is 4.87. The lowest BCUT2D eigenvalue weighted by atomic mass is 10.0. The van der Waals surface area contributed by atoms with Crippen LogP contribution in [0.3, 0.4) is 0 Å². The maximum absolute atomic E-state index is 12.6. The Balaban J connectivity index is 1.43. The lowest BCUT2D eigenvalue weighted by Crippen LogP contribution is -2.61. The number of pyridine rings is 1. The first kappa shape index (κ1) is 13.8. The van der Waals surface area contributed by atoms with Crippen molar-refractivity contribution in [1.29, 1.82) is 0 Å². The second kappa shape index (κ2) is 5.39. The number of hydrogen-bond acceptors (Lipinski definition) is 3. The van der Waals surface area contributed by atoms with Crippen LogP contribution in [0, 0.1) is 6.92 Å². The van der Waals surface area contributed by atoms with Crippen LogP contribution in [0.2, 0.25) is 0 Å². The molecule has 2 fully saturated rings. The molecule has 0 aromatic carbocycles. The molecule has 4 heterocycles. The van der Waals surface area contributed by atoms with Gasteiger partial charge < -0.3 is 9.30 Å². The Labute approximate surface area is 130 Å².